The Kier molecular flexibility index (Phi) is 2.55. The van der Waals surface area contributed by atoms with E-state index >= 15 is 0 Å². The highest BCUT2D eigenvalue weighted by Gasteiger charge is 2.36. The van der Waals surface area contributed by atoms with Crippen molar-refractivity contribution in [1.29, 1.82) is 0 Å². The minimum Gasteiger partial charge on any atom is -0.395 e. The minimum absolute atomic E-state index is 0.312. The number of aliphatic hydroxyl groups excluding tert-OH is 1. The first-order chi connectivity index (χ1) is 5.09. The van der Waals surface area contributed by atoms with Crippen LogP contribution in [0.1, 0.15) is 27.2 Å². The Bertz CT molecular complexity index is 122. The molecule has 0 aliphatic carbocycles. The Hall–Kier alpha value is -0.0800. The van der Waals surface area contributed by atoms with Crippen molar-refractivity contribution in [2.45, 2.75) is 33.2 Å². The molecule has 0 aromatic heterocycles. The normalized spacial score (nSPS) is 26.2. The van der Waals surface area contributed by atoms with Gasteiger partial charge in [0, 0.05) is 19.1 Å². The van der Waals surface area contributed by atoms with Gasteiger partial charge in [0.2, 0.25) is 0 Å². The number of hydrogen-bond donors (Lipinski definition) is 1. The molecule has 11 heavy (non-hydrogen) atoms. The monoisotopic (exact) mass is 157 g/mol. The summed E-state index contributed by atoms with van der Waals surface area (Å²) in [7, 11) is 0. The lowest BCUT2D eigenvalue weighted by Gasteiger charge is -2.49. The van der Waals surface area contributed by atoms with Crippen molar-refractivity contribution in [1.82, 2.24) is 4.90 Å². The third-order valence-corrected chi connectivity index (χ3v) is 2.46. The summed E-state index contributed by atoms with van der Waals surface area (Å²) < 4.78 is 0. The quantitative estimate of drug-likeness (QED) is 0.663. The van der Waals surface area contributed by atoms with Gasteiger partial charge in [0.15, 0.2) is 0 Å². The first kappa shape index (κ1) is 9.01. The molecule has 0 aromatic carbocycles. The molecule has 1 fully saturated rings. The third-order valence-electron chi connectivity index (χ3n) is 2.46. The van der Waals surface area contributed by atoms with Crippen molar-refractivity contribution in [3.8, 4) is 0 Å². The van der Waals surface area contributed by atoms with Crippen LogP contribution in [-0.4, -0.2) is 35.7 Å². The maximum Gasteiger partial charge on any atom is 0.0586 e. The van der Waals surface area contributed by atoms with E-state index in [4.69, 9.17) is 5.11 Å². The van der Waals surface area contributed by atoms with Crippen molar-refractivity contribution >= 4 is 0 Å². The van der Waals surface area contributed by atoms with E-state index in [0.29, 0.717) is 18.1 Å². The van der Waals surface area contributed by atoms with Gasteiger partial charge in [-0.15, -0.1) is 0 Å². The molecule has 2 heteroatoms. The summed E-state index contributed by atoms with van der Waals surface area (Å²) in [5.74, 6) is 0. The Morgan fingerprint density at radius 2 is 2.00 bits per heavy atom. The van der Waals surface area contributed by atoms with Gasteiger partial charge in [-0.1, -0.05) is 20.8 Å². The van der Waals surface area contributed by atoms with Crippen LogP contribution >= 0.6 is 0 Å². The molecule has 1 unspecified atom stereocenters. The van der Waals surface area contributed by atoms with E-state index in [1.807, 2.05) is 0 Å². The maximum absolute atomic E-state index is 8.99. The summed E-state index contributed by atoms with van der Waals surface area (Å²) in [6, 6.07) is 0.406. The van der Waals surface area contributed by atoms with Gasteiger partial charge >= 0.3 is 0 Å². The molecule has 1 heterocycles. The molecule has 1 N–H and O–H groups in total. The molecular weight excluding hydrogens is 138 g/mol. The molecule has 66 valence electrons. The van der Waals surface area contributed by atoms with E-state index in [9.17, 15) is 0 Å². The average molecular weight is 157 g/mol. The second-order valence-electron chi connectivity index (χ2n) is 4.31. The molecule has 0 spiro atoms. The fourth-order valence-electron chi connectivity index (χ4n) is 1.81. The first-order valence-corrected chi connectivity index (χ1v) is 4.44. The first-order valence-electron chi connectivity index (χ1n) is 4.44. The molecule has 1 aliphatic rings. The fraction of sp³-hybridized carbons (Fsp3) is 1.00. The van der Waals surface area contributed by atoms with E-state index in [1.54, 1.807) is 0 Å². The Morgan fingerprint density at radius 3 is 2.27 bits per heavy atom. The maximum atomic E-state index is 8.99. The average Bonchev–Trinajstić information content (AvgIpc) is 1.86. The molecule has 1 rings (SSSR count). The molecule has 1 aliphatic heterocycles. The third kappa shape index (κ3) is 1.94. The van der Waals surface area contributed by atoms with Crippen LogP contribution < -0.4 is 0 Å². The Balaban J connectivity index is 2.30. The van der Waals surface area contributed by atoms with Gasteiger partial charge in [0.25, 0.3) is 0 Å². The molecule has 1 saturated heterocycles. The lowest BCUT2D eigenvalue weighted by molar-refractivity contribution is -0.0251. The number of rotatable bonds is 3. The zero-order chi connectivity index (χ0) is 8.48. The van der Waals surface area contributed by atoms with Crippen LogP contribution in [0.2, 0.25) is 0 Å². The number of hydrogen-bond acceptors (Lipinski definition) is 2. The summed E-state index contributed by atoms with van der Waals surface area (Å²) >= 11 is 0. The van der Waals surface area contributed by atoms with Crippen molar-refractivity contribution < 1.29 is 5.11 Å². The van der Waals surface area contributed by atoms with Crippen LogP contribution in [0.25, 0.3) is 0 Å². The van der Waals surface area contributed by atoms with Crippen LogP contribution in [0.5, 0.6) is 0 Å². The Morgan fingerprint density at radius 1 is 1.45 bits per heavy atom. The van der Waals surface area contributed by atoms with Gasteiger partial charge in [-0.2, -0.15) is 0 Å². The van der Waals surface area contributed by atoms with Crippen LogP contribution in [0.4, 0.5) is 0 Å². The van der Waals surface area contributed by atoms with Gasteiger partial charge < -0.3 is 5.11 Å². The second kappa shape index (κ2) is 3.11. The lowest BCUT2D eigenvalue weighted by Crippen LogP contribution is -2.57. The fourth-order valence-corrected chi connectivity index (χ4v) is 1.81. The minimum atomic E-state index is 0.312. The smallest absolute Gasteiger partial charge is 0.0586 e. The van der Waals surface area contributed by atoms with Crippen LogP contribution in [0.15, 0.2) is 0 Å². The summed E-state index contributed by atoms with van der Waals surface area (Å²) in [5.41, 5.74) is 0.489. The molecule has 2 nitrogen and oxygen atoms in total. The molecule has 1 atom stereocenters. The summed E-state index contributed by atoms with van der Waals surface area (Å²) in [5, 5.41) is 8.99. The van der Waals surface area contributed by atoms with Gasteiger partial charge in [-0.05, 0) is 11.8 Å². The molecule has 0 saturated carbocycles. The standard InChI is InChI=1S/C9H19NO/c1-4-8(5-11)10-6-9(2,3)7-10/h8,11H,4-7H2,1-3H3. The summed E-state index contributed by atoms with van der Waals surface area (Å²) in [6.45, 7) is 9.28. The van der Waals surface area contributed by atoms with Crippen LogP contribution in [-0.2, 0) is 0 Å². The van der Waals surface area contributed by atoms with E-state index in [2.05, 4.69) is 25.7 Å². The number of nitrogens with zero attached hydrogens (tertiary/aromatic N) is 1. The van der Waals surface area contributed by atoms with Crippen molar-refractivity contribution in [3.63, 3.8) is 0 Å². The largest absolute Gasteiger partial charge is 0.395 e. The molecule has 0 radical (unpaired) electrons. The topological polar surface area (TPSA) is 23.5 Å². The van der Waals surface area contributed by atoms with Gasteiger partial charge in [-0.25, -0.2) is 0 Å². The second-order valence-corrected chi connectivity index (χ2v) is 4.31. The van der Waals surface area contributed by atoms with E-state index < -0.39 is 0 Å². The van der Waals surface area contributed by atoms with Gasteiger partial charge in [0.1, 0.15) is 0 Å². The van der Waals surface area contributed by atoms with E-state index in [0.717, 1.165) is 19.5 Å². The van der Waals surface area contributed by atoms with E-state index in [1.165, 1.54) is 0 Å². The molecule has 0 amide bonds. The van der Waals surface area contributed by atoms with Crippen LogP contribution in [0.3, 0.4) is 0 Å². The zero-order valence-corrected chi connectivity index (χ0v) is 7.80. The van der Waals surface area contributed by atoms with Gasteiger partial charge in [0.05, 0.1) is 6.61 Å². The van der Waals surface area contributed by atoms with Crippen molar-refractivity contribution in [2.24, 2.45) is 5.41 Å². The SMILES string of the molecule is CCC(CO)N1CC(C)(C)C1. The highest BCUT2D eigenvalue weighted by atomic mass is 16.3. The lowest BCUT2D eigenvalue weighted by atomic mass is 9.83. The van der Waals surface area contributed by atoms with Crippen molar-refractivity contribution in [2.75, 3.05) is 19.7 Å². The molecular formula is C9H19NO. The summed E-state index contributed by atoms with van der Waals surface area (Å²) in [6.07, 6.45) is 1.06. The highest BCUT2D eigenvalue weighted by Crippen LogP contribution is 2.30. The predicted octanol–water partition coefficient (Wildman–Crippen LogP) is 1.10. The van der Waals surface area contributed by atoms with Gasteiger partial charge in [-0.3, -0.25) is 4.90 Å². The van der Waals surface area contributed by atoms with Crippen molar-refractivity contribution in [3.05, 3.63) is 0 Å². The zero-order valence-electron chi connectivity index (χ0n) is 7.80. The summed E-state index contributed by atoms with van der Waals surface area (Å²) in [4.78, 5) is 2.36. The highest BCUT2D eigenvalue weighted by molar-refractivity contribution is 4.90. The van der Waals surface area contributed by atoms with E-state index in [-0.39, 0.29) is 0 Å². The van der Waals surface area contributed by atoms with Crippen LogP contribution in [0, 0.1) is 5.41 Å². The number of aliphatic hydroxyl groups is 1. The Labute approximate surface area is 69.2 Å². The number of likely N-dealkylation sites (tertiary alicyclic amines) is 1. The molecule has 0 aromatic rings. The molecule has 0 bridgehead atoms. The predicted molar refractivity (Wildman–Crippen MR) is 46.5 cm³/mol.